The highest BCUT2D eigenvalue weighted by molar-refractivity contribution is 7.89. The maximum absolute atomic E-state index is 13.0. The third-order valence-electron chi connectivity index (χ3n) is 5.17. The molecule has 2 aromatic carbocycles. The number of nitrogens with zero attached hydrogens (tertiary/aromatic N) is 1. The maximum atomic E-state index is 13.0. The van der Waals surface area contributed by atoms with E-state index in [9.17, 15) is 18.0 Å². The monoisotopic (exact) mass is 445 g/mol. The molecule has 0 spiro atoms. The predicted octanol–water partition coefficient (Wildman–Crippen LogP) is 2.37. The quantitative estimate of drug-likeness (QED) is 0.681. The van der Waals surface area contributed by atoms with Crippen molar-refractivity contribution in [3.8, 4) is 5.75 Å². The van der Waals surface area contributed by atoms with Crippen LogP contribution in [0, 0.1) is 5.92 Å². The molecule has 0 aliphatic carbocycles. The van der Waals surface area contributed by atoms with Crippen LogP contribution in [0.15, 0.2) is 53.4 Å². The minimum atomic E-state index is -3.73. The number of carbonyl (C=O) groups excluding carboxylic acids is 2. The molecule has 1 saturated heterocycles. The molecule has 2 aromatic rings. The average molecular weight is 446 g/mol. The standard InChI is InChI=1S/C22H27N3O5S/c1-16(26)24-19-8-10-21(11-9-19)31(28,29)25-12-4-6-18(15-25)22(27)23-14-17-5-3-7-20(13-17)30-2/h3,5,7-11,13,18H,4,6,12,14-15H2,1-2H3,(H,23,27)(H,24,26). The highest BCUT2D eigenvalue weighted by Crippen LogP contribution is 2.25. The number of benzene rings is 2. The fourth-order valence-corrected chi connectivity index (χ4v) is 5.08. The number of ether oxygens (including phenoxy) is 1. The van der Waals surface area contributed by atoms with Crippen LogP contribution in [-0.4, -0.2) is 44.7 Å². The summed E-state index contributed by atoms with van der Waals surface area (Å²) >= 11 is 0. The number of carbonyl (C=O) groups is 2. The molecule has 0 bridgehead atoms. The number of methoxy groups -OCH3 is 1. The first-order valence-electron chi connectivity index (χ1n) is 10.1. The average Bonchev–Trinajstić information content (AvgIpc) is 2.77. The minimum absolute atomic E-state index is 0.138. The first kappa shape index (κ1) is 22.8. The summed E-state index contributed by atoms with van der Waals surface area (Å²) in [5.74, 6) is -0.0860. The van der Waals surface area contributed by atoms with Gasteiger partial charge in [0.15, 0.2) is 0 Å². The van der Waals surface area contributed by atoms with E-state index in [-0.39, 0.29) is 23.3 Å². The van der Waals surface area contributed by atoms with Crippen molar-refractivity contribution in [2.24, 2.45) is 5.92 Å². The minimum Gasteiger partial charge on any atom is -0.497 e. The molecule has 1 unspecified atom stereocenters. The molecule has 166 valence electrons. The molecule has 0 saturated carbocycles. The van der Waals surface area contributed by atoms with Crippen molar-refractivity contribution >= 4 is 27.5 Å². The number of anilines is 1. The van der Waals surface area contributed by atoms with Gasteiger partial charge in [0.2, 0.25) is 21.8 Å². The van der Waals surface area contributed by atoms with E-state index in [0.717, 1.165) is 5.56 Å². The fraction of sp³-hybridized carbons (Fsp3) is 0.364. The molecule has 0 aromatic heterocycles. The number of amides is 2. The second kappa shape index (κ2) is 9.93. The van der Waals surface area contributed by atoms with E-state index in [4.69, 9.17) is 4.74 Å². The number of nitrogens with one attached hydrogen (secondary N) is 2. The SMILES string of the molecule is COc1cccc(CNC(=O)C2CCCN(S(=O)(=O)c3ccc(NC(C)=O)cc3)C2)c1. The summed E-state index contributed by atoms with van der Waals surface area (Å²) < 4.78 is 32.6. The van der Waals surface area contributed by atoms with Gasteiger partial charge in [-0.25, -0.2) is 8.42 Å². The fourth-order valence-electron chi connectivity index (χ4n) is 3.55. The smallest absolute Gasteiger partial charge is 0.243 e. The summed E-state index contributed by atoms with van der Waals surface area (Å²) in [5, 5.41) is 5.51. The molecule has 1 aliphatic heterocycles. The van der Waals surface area contributed by atoms with Gasteiger partial charge in [-0.15, -0.1) is 0 Å². The van der Waals surface area contributed by atoms with Crippen LogP contribution in [0.25, 0.3) is 0 Å². The van der Waals surface area contributed by atoms with Gasteiger partial charge in [-0.3, -0.25) is 9.59 Å². The zero-order valence-electron chi connectivity index (χ0n) is 17.6. The topological polar surface area (TPSA) is 105 Å². The van der Waals surface area contributed by atoms with E-state index in [1.807, 2.05) is 24.3 Å². The van der Waals surface area contributed by atoms with Gasteiger partial charge in [-0.05, 0) is 54.8 Å². The Morgan fingerprint density at radius 3 is 2.58 bits per heavy atom. The molecule has 0 radical (unpaired) electrons. The van der Waals surface area contributed by atoms with E-state index in [1.165, 1.54) is 23.4 Å². The van der Waals surface area contributed by atoms with E-state index < -0.39 is 15.9 Å². The van der Waals surface area contributed by atoms with Gasteiger partial charge < -0.3 is 15.4 Å². The Bertz CT molecular complexity index is 1040. The molecule has 3 rings (SSSR count). The number of piperidine rings is 1. The Labute approximate surface area is 182 Å². The first-order chi connectivity index (χ1) is 14.8. The van der Waals surface area contributed by atoms with Crippen molar-refractivity contribution < 1.29 is 22.7 Å². The lowest BCUT2D eigenvalue weighted by atomic mass is 9.99. The van der Waals surface area contributed by atoms with Crippen LogP contribution in [-0.2, 0) is 26.2 Å². The first-order valence-corrected chi connectivity index (χ1v) is 11.5. The molecule has 9 heteroatoms. The van der Waals surface area contributed by atoms with Crippen molar-refractivity contribution in [2.75, 3.05) is 25.5 Å². The number of rotatable bonds is 7. The van der Waals surface area contributed by atoms with Gasteiger partial charge in [0.1, 0.15) is 5.75 Å². The summed E-state index contributed by atoms with van der Waals surface area (Å²) in [6.07, 6.45) is 1.25. The molecule has 1 atom stereocenters. The Hall–Kier alpha value is -2.91. The summed E-state index contributed by atoms with van der Waals surface area (Å²) in [6.45, 7) is 2.25. The van der Waals surface area contributed by atoms with Crippen molar-refractivity contribution in [1.29, 1.82) is 0 Å². The molecule has 2 N–H and O–H groups in total. The lowest BCUT2D eigenvalue weighted by Crippen LogP contribution is -2.45. The third-order valence-corrected chi connectivity index (χ3v) is 7.05. The number of hydrogen-bond donors (Lipinski definition) is 2. The molecule has 1 aliphatic rings. The summed E-state index contributed by atoms with van der Waals surface area (Å²) in [5.41, 5.74) is 1.44. The number of sulfonamides is 1. The third kappa shape index (κ3) is 5.83. The molecule has 2 amide bonds. The van der Waals surface area contributed by atoms with Gasteiger partial charge in [-0.1, -0.05) is 12.1 Å². The Morgan fingerprint density at radius 1 is 1.16 bits per heavy atom. The normalized spacial score (nSPS) is 17.0. The molecular weight excluding hydrogens is 418 g/mol. The van der Waals surface area contributed by atoms with Crippen LogP contribution >= 0.6 is 0 Å². The van der Waals surface area contributed by atoms with Gasteiger partial charge >= 0.3 is 0 Å². The molecule has 1 fully saturated rings. The van der Waals surface area contributed by atoms with E-state index in [2.05, 4.69) is 10.6 Å². The van der Waals surface area contributed by atoms with Crippen molar-refractivity contribution in [3.05, 3.63) is 54.1 Å². The molecule has 1 heterocycles. The van der Waals surface area contributed by atoms with Gasteiger partial charge in [0.05, 0.1) is 17.9 Å². The van der Waals surface area contributed by atoms with Crippen molar-refractivity contribution in [3.63, 3.8) is 0 Å². The van der Waals surface area contributed by atoms with E-state index in [0.29, 0.717) is 37.4 Å². The largest absolute Gasteiger partial charge is 0.497 e. The predicted molar refractivity (Wildman–Crippen MR) is 117 cm³/mol. The summed E-state index contributed by atoms with van der Waals surface area (Å²) in [7, 11) is -2.14. The van der Waals surface area contributed by atoms with Gasteiger partial charge in [0.25, 0.3) is 0 Å². The summed E-state index contributed by atoms with van der Waals surface area (Å²) in [6, 6.07) is 13.5. The van der Waals surface area contributed by atoms with Crippen LogP contribution in [0.4, 0.5) is 5.69 Å². The highest BCUT2D eigenvalue weighted by Gasteiger charge is 2.33. The second-order valence-electron chi connectivity index (χ2n) is 7.48. The van der Waals surface area contributed by atoms with Crippen molar-refractivity contribution in [2.45, 2.75) is 31.2 Å². The van der Waals surface area contributed by atoms with Crippen molar-refractivity contribution in [1.82, 2.24) is 9.62 Å². The second-order valence-corrected chi connectivity index (χ2v) is 9.42. The lowest BCUT2D eigenvalue weighted by molar-refractivity contribution is -0.126. The highest BCUT2D eigenvalue weighted by atomic mass is 32.2. The zero-order valence-corrected chi connectivity index (χ0v) is 18.4. The molecular formula is C22H27N3O5S. The van der Waals surface area contributed by atoms with Crippen LogP contribution < -0.4 is 15.4 Å². The maximum Gasteiger partial charge on any atom is 0.243 e. The van der Waals surface area contributed by atoms with Crippen LogP contribution in [0.1, 0.15) is 25.3 Å². The number of hydrogen-bond acceptors (Lipinski definition) is 5. The van der Waals surface area contributed by atoms with E-state index >= 15 is 0 Å². The van der Waals surface area contributed by atoms with Gasteiger partial charge in [-0.2, -0.15) is 4.31 Å². The Balaban J connectivity index is 1.63. The lowest BCUT2D eigenvalue weighted by Gasteiger charge is -2.31. The molecule has 31 heavy (non-hydrogen) atoms. The Kier molecular flexibility index (Phi) is 7.29. The summed E-state index contributed by atoms with van der Waals surface area (Å²) in [4.78, 5) is 24.0. The zero-order chi connectivity index (χ0) is 22.4. The molecule has 8 nitrogen and oxygen atoms in total. The van der Waals surface area contributed by atoms with Crippen LogP contribution in [0.5, 0.6) is 5.75 Å². The van der Waals surface area contributed by atoms with E-state index in [1.54, 1.807) is 19.2 Å². The Morgan fingerprint density at radius 2 is 1.90 bits per heavy atom. The van der Waals surface area contributed by atoms with Crippen LogP contribution in [0.3, 0.4) is 0 Å². The van der Waals surface area contributed by atoms with Crippen LogP contribution in [0.2, 0.25) is 0 Å². The van der Waals surface area contributed by atoms with Gasteiger partial charge in [0, 0.05) is 32.2 Å².